The van der Waals surface area contributed by atoms with Gasteiger partial charge in [0.25, 0.3) is 0 Å². The monoisotopic (exact) mass is 440 g/mol. The zero-order chi connectivity index (χ0) is 11.4. The Labute approximate surface area is 125 Å². The summed E-state index contributed by atoms with van der Waals surface area (Å²) in [4.78, 5) is 10.8. The van der Waals surface area contributed by atoms with Crippen molar-refractivity contribution in [1.29, 1.82) is 0 Å². The molecule has 0 spiro atoms. The molecule has 0 heterocycles. The van der Waals surface area contributed by atoms with E-state index in [0.29, 0.717) is 6.42 Å². The van der Waals surface area contributed by atoms with Gasteiger partial charge in [-0.3, -0.25) is 4.79 Å². The van der Waals surface area contributed by atoms with Crippen LogP contribution in [-0.4, -0.2) is 46.1 Å². The molecule has 2 nitrogen and oxygen atoms in total. The van der Waals surface area contributed by atoms with E-state index in [-0.39, 0.29) is 33.3 Å². The number of methoxy groups -OCH3 is 1. The smallest absolute Gasteiger partial charge is 0.305 e. The second kappa shape index (κ2) is 15.7. The predicted octanol–water partition coefficient (Wildman–Crippen LogP) is 3.22. The summed E-state index contributed by atoms with van der Waals surface area (Å²) in [6.07, 6.45) is 10.5. The Morgan fingerprint density at radius 2 is 1.38 bits per heavy atom. The van der Waals surface area contributed by atoms with Crippen molar-refractivity contribution in [2.45, 2.75) is 57.8 Å². The van der Waals surface area contributed by atoms with Crippen LogP contribution in [-0.2, 0) is 9.53 Å². The number of hydrogen-bond acceptors (Lipinski definition) is 3. The molecule has 0 rings (SSSR count). The number of thiol groups is 1. The van der Waals surface area contributed by atoms with Crippen molar-refractivity contribution in [3.63, 3.8) is 0 Å². The van der Waals surface area contributed by atoms with E-state index in [9.17, 15) is 4.79 Å². The van der Waals surface area contributed by atoms with E-state index in [1.54, 1.807) is 0 Å². The van der Waals surface area contributed by atoms with Crippen molar-refractivity contribution in [2.75, 3.05) is 12.9 Å². The van der Waals surface area contributed by atoms with E-state index < -0.39 is 0 Å². The second-order valence-electron chi connectivity index (χ2n) is 3.88. The molecule has 0 saturated carbocycles. The van der Waals surface area contributed by atoms with Gasteiger partial charge in [-0.25, -0.2) is 0 Å². The summed E-state index contributed by atoms with van der Waals surface area (Å²) >= 11 is 4.18. The summed E-state index contributed by atoms with van der Waals surface area (Å²) in [5, 5.41) is 0. The van der Waals surface area contributed by atoms with Gasteiger partial charge in [-0.1, -0.05) is 38.5 Å². The third-order valence-electron chi connectivity index (χ3n) is 2.52. The third-order valence-corrected chi connectivity index (χ3v) is 2.83. The minimum absolute atomic E-state index is 0. The minimum Gasteiger partial charge on any atom is -0.469 e. The fourth-order valence-electron chi connectivity index (χ4n) is 1.54. The van der Waals surface area contributed by atoms with Gasteiger partial charge in [-0.2, -0.15) is 12.6 Å². The van der Waals surface area contributed by atoms with E-state index >= 15 is 0 Å². The fraction of sp³-hybridized carbons (Fsp3) is 0.917. The summed E-state index contributed by atoms with van der Waals surface area (Å²) in [7, 11) is 1.45. The number of hydrogen-bond donors (Lipinski definition) is 1. The van der Waals surface area contributed by atoms with Crippen LogP contribution < -0.4 is 0 Å². The van der Waals surface area contributed by atoms with E-state index in [1.807, 2.05) is 0 Å². The molecule has 0 unspecified atom stereocenters. The summed E-state index contributed by atoms with van der Waals surface area (Å²) in [6.45, 7) is 0. The maximum atomic E-state index is 10.8. The van der Waals surface area contributed by atoms with Crippen LogP contribution in [0.4, 0.5) is 0 Å². The average Bonchev–Trinajstić information content (AvgIpc) is 2.26. The number of carbonyl (C=O) groups is 1. The van der Waals surface area contributed by atoms with Crippen LogP contribution in [0.5, 0.6) is 0 Å². The van der Waals surface area contributed by atoms with Crippen LogP contribution in [0, 0.1) is 0 Å². The van der Waals surface area contributed by atoms with Crippen LogP contribution in [0.3, 0.4) is 0 Å². The molecule has 4 radical (unpaired) electrons. The van der Waals surface area contributed by atoms with Crippen molar-refractivity contribution < 1.29 is 9.53 Å². The number of carbonyl (C=O) groups excluding carboxylic acids is 1. The molecule has 0 atom stereocenters. The third kappa shape index (κ3) is 14.7. The molecule has 16 heavy (non-hydrogen) atoms. The van der Waals surface area contributed by atoms with Crippen LogP contribution >= 0.6 is 12.6 Å². The topological polar surface area (TPSA) is 26.3 Å². The fourth-order valence-corrected chi connectivity index (χ4v) is 1.77. The molecule has 0 saturated heterocycles. The van der Waals surface area contributed by atoms with Crippen LogP contribution in [0.1, 0.15) is 57.8 Å². The maximum absolute atomic E-state index is 10.8. The number of esters is 1. The molecule has 0 aliphatic carbocycles. The molecule has 0 bridgehead atoms. The molecule has 94 valence electrons. The summed E-state index contributed by atoms with van der Waals surface area (Å²) < 4.78 is 4.58. The minimum atomic E-state index is -0.0798. The molecular formula is C12H24O2PbS. The first kappa shape index (κ1) is 19.1. The van der Waals surface area contributed by atoms with E-state index in [4.69, 9.17) is 0 Å². The first-order chi connectivity index (χ1) is 7.31. The summed E-state index contributed by atoms with van der Waals surface area (Å²) in [5.41, 5.74) is 0. The van der Waals surface area contributed by atoms with Crippen molar-refractivity contribution in [2.24, 2.45) is 0 Å². The van der Waals surface area contributed by atoms with Gasteiger partial charge in [0.15, 0.2) is 0 Å². The van der Waals surface area contributed by atoms with E-state index in [1.165, 1.54) is 45.6 Å². The van der Waals surface area contributed by atoms with Crippen molar-refractivity contribution >= 4 is 45.9 Å². The molecule has 0 aromatic rings. The van der Waals surface area contributed by atoms with Crippen LogP contribution in [0.25, 0.3) is 0 Å². The Kier molecular flexibility index (Phi) is 18.8. The zero-order valence-electron chi connectivity index (χ0n) is 10.3. The molecular weight excluding hydrogens is 415 g/mol. The van der Waals surface area contributed by atoms with E-state index in [0.717, 1.165) is 18.6 Å². The SMILES string of the molecule is COC(=O)CCCCCCCCCCS.[Pb]. The largest absolute Gasteiger partial charge is 0.469 e. The molecule has 0 N–H and O–H groups in total. The quantitative estimate of drug-likeness (QED) is 0.245. The van der Waals surface area contributed by atoms with Gasteiger partial charge >= 0.3 is 5.97 Å². The van der Waals surface area contributed by atoms with Crippen LogP contribution in [0.15, 0.2) is 0 Å². The molecule has 0 fully saturated rings. The Morgan fingerprint density at radius 3 is 1.81 bits per heavy atom. The van der Waals surface area contributed by atoms with Crippen molar-refractivity contribution in [3.8, 4) is 0 Å². The van der Waals surface area contributed by atoms with Gasteiger partial charge in [0.1, 0.15) is 0 Å². The zero-order valence-corrected chi connectivity index (χ0v) is 15.1. The molecule has 0 aromatic heterocycles. The first-order valence-electron chi connectivity index (χ1n) is 5.99. The Balaban J connectivity index is 0. The second-order valence-corrected chi connectivity index (χ2v) is 4.33. The summed E-state index contributed by atoms with van der Waals surface area (Å²) in [5.74, 6) is 0.933. The molecule has 0 amide bonds. The normalized spacial score (nSPS) is 9.62. The summed E-state index contributed by atoms with van der Waals surface area (Å²) in [6, 6.07) is 0. The number of rotatable bonds is 10. The molecule has 0 aliphatic heterocycles. The number of unbranched alkanes of at least 4 members (excludes halogenated alkanes) is 7. The van der Waals surface area contributed by atoms with E-state index in [2.05, 4.69) is 17.4 Å². The molecule has 0 aliphatic rings. The maximum Gasteiger partial charge on any atom is 0.305 e. The van der Waals surface area contributed by atoms with Crippen molar-refractivity contribution in [3.05, 3.63) is 0 Å². The first-order valence-corrected chi connectivity index (χ1v) is 6.62. The van der Waals surface area contributed by atoms with Gasteiger partial charge in [0.05, 0.1) is 7.11 Å². The van der Waals surface area contributed by atoms with Crippen LogP contribution in [0.2, 0.25) is 0 Å². The van der Waals surface area contributed by atoms with Gasteiger partial charge in [-0.15, -0.1) is 0 Å². The standard InChI is InChI=1S/C12H24O2S.Pb/c1-14-12(13)10-8-6-4-2-3-5-7-9-11-15;/h15H,2-11H2,1H3;. The average molecular weight is 440 g/mol. The predicted molar refractivity (Wildman–Crippen MR) is 73.2 cm³/mol. The Hall–Kier alpha value is 0.742. The van der Waals surface area contributed by atoms with Crippen molar-refractivity contribution in [1.82, 2.24) is 0 Å². The number of ether oxygens (including phenoxy) is 1. The Morgan fingerprint density at radius 1 is 0.938 bits per heavy atom. The molecule has 4 heteroatoms. The Bertz CT molecular complexity index is 154. The van der Waals surface area contributed by atoms with Gasteiger partial charge in [-0.05, 0) is 18.6 Å². The van der Waals surface area contributed by atoms with Gasteiger partial charge in [0, 0.05) is 33.7 Å². The van der Waals surface area contributed by atoms with Gasteiger partial charge < -0.3 is 4.74 Å². The van der Waals surface area contributed by atoms with Gasteiger partial charge in [0.2, 0.25) is 0 Å². The molecule has 0 aromatic carbocycles.